The van der Waals surface area contributed by atoms with Crippen LogP contribution in [0.2, 0.25) is 0 Å². The molecular weight excluding hydrogens is 271 g/mol. The molecule has 0 fully saturated rings. The van der Waals surface area contributed by atoms with Crippen LogP contribution >= 0.6 is 0 Å². The number of carbonyl (C=O) groups is 1. The Kier molecular flexibility index (Phi) is 4.84. The van der Waals surface area contributed by atoms with E-state index in [1.807, 2.05) is 0 Å². The van der Waals surface area contributed by atoms with E-state index in [0.717, 1.165) is 6.07 Å². The van der Waals surface area contributed by atoms with Crippen molar-refractivity contribution >= 4 is 17.3 Å². The number of carboxylic acids is 1. The molecule has 0 heterocycles. The van der Waals surface area contributed by atoms with E-state index >= 15 is 0 Å². The number of nitrogens with zero attached hydrogens (tertiary/aromatic N) is 2. The first kappa shape index (κ1) is 15.7. The van der Waals surface area contributed by atoms with Gasteiger partial charge in [0.15, 0.2) is 11.6 Å². The van der Waals surface area contributed by atoms with Crippen molar-refractivity contribution in [3.05, 3.63) is 28.1 Å². The first-order valence-corrected chi connectivity index (χ1v) is 5.73. The maximum atomic E-state index is 13.9. The molecule has 1 unspecified atom stereocenters. The Labute approximate surface area is 114 Å². The lowest BCUT2D eigenvalue weighted by atomic mass is 10.1. The summed E-state index contributed by atoms with van der Waals surface area (Å²) < 4.78 is 18.7. The molecule has 1 rings (SSSR count). The maximum absolute atomic E-state index is 13.9. The number of carboxylic acid groups (broad SMARTS) is 1. The van der Waals surface area contributed by atoms with E-state index in [1.54, 1.807) is 0 Å². The van der Waals surface area contributed by atoms with Crippen molar-refractivity contribution in [1.82, 2.24) is 0 Å². The minimum atomic E-state index is -1.01. The number of nitro groups is 1. The number of halogens is 1. The van der Waals surface area contributed by atoms with Crippen LogP contribution < -0.4 is 9.64 Å². The number of benzene rings is 1. The van der Waals surface area contributed by atoms with E-state index in [2.05, 4.69) is 0 Å². The summed E-state index contributed by atoms with van der Waals surface area (Å²) in [6, 6.07) is 1.94. The molecular formula is C12H15FN2O5. The van der Waals surface area contributed by atoms with Crippen LogP contribution in [-0.2, 0) is 4.79 Å². The van der Waals surface area contributed by atoms with Gasteiger partial charge in [0.2, 0.25) is 0 Å². The lowest BCUT2D eigenvalue weighted by Crippen LogP contribution is -2.29. The fraction of sp³-hybridized carbons (Fsp3) is 0.417. The number of rotatable bonds is 6. The van der Waals surface area contributed by atoms with E-state index in [-0.39, 0.29) is 18.0 Å². The smallest absolute Gasteiger partial charge is 0.313 e. The van der Waals surface area contributed by atoms with Crippen LogP contribution in [0.5, 0.6) is 5.75 Å². The molecule has 1 aromatic rings. The first-order chi connectivity index (χ1) is 9.27. The van der Waals surface area contributed by atoms with E-state index in [1.165, 1.54) is 32.0 Å². The van der Waals surface area contributed by atoms with Crippen molar-refractivity contribution in [3.8, 4) is 5.75 Å². The highest BCUT2D eigenvalue weighted by Crippen LogP contribution is 2.33. The molecule has 8 heteroatoms. The summed E-state index contributed by atoms with van der Waals surface area (Å²) in [6.07, 6.45) is 0. The summed E-state index contributed by atoms with van der Waals surface area (Å²) in [5, 5.41) is 19.6. The van der Waals surface area contributed by atoms with Crippen molar-refractivity contribution in [2.75, 3.05) is 25.6 Å². The summed E-state index contributed by atoms with van der Waals surface area (Å²) >= 11 is 0. The number of ether oxygens (including phenoxy) is 1. The van der Waals surface area contributed by atoms with E-state index in [4.69, 9.17) is 9.84 Å². The van der Waals surface area contributed by atoms with Crippen molar-refractivity contribution in [2.24, 2.45) is 5.92 Å². The molecule has 20 heavy (non-hydrogen) atoms. The summed E-state index contributed by atoms with van der Waals surface area (Å²) in [6.45, 7) is 1.55. The summed E-state index contributed by atoms with van der Waals surface area (Å²) in [4.78, 5) is 22.2. The molecule has 0 aliphatic carbocycles. The third kappa shape index (κ3) is 3.34. The zero-order valence-electron chi connectivity index (χ0n) is 11.3. The number of aliphatic carboxylic acids is 1. The Morgan fingerprint density at radius 2 is 2.20 bits per heavy atom. The normalized spacial score (nSPS) is 11.8. The number of anilines is 1. The molecule has 7 nitrogen and oxygen atoms in total. The van der Waals surface area contributed by atoms with Gasteiger partial charge in [-0.3, -0.25) is 14.9 Å². The monoisotopic (exact) mass is 286 g/mol. The van der Waals surface area contributed by atoms with Gasteiger partial charge in [0.1, 0.15) is 0 Å². The predicted molar refractivity (Wildman–Crippen MR) is 69.7 cm³/mol. The summed E-state index contributed by atoms with van der Waals surface area (Å²) in [7, 11) is 2.74. The van der Waals surface area contributed by atoms with Gasteiger partial charge in [-0.1, -0.05) is 6.92 Å². The molecule has 0 saturated carbocycles. The second-order valence-electron chi connectivity index (χ2n) is 4.35. The second kappa shape index (κ2) is 6.18. The van der Waals surface area contributed by atoms with Crippen molar-refractivity contribution < 1.29 is 24.0 Å². The number of hydrogen-bond donors (Lipinski definition) is 1. The van der Waals surface area contributed by atoms with Gasteiger partial charge >= 0.3 is 11.7 Å². The average molecular weight is 286 g/mol. The van der Waals surface area contributed by atoms with Crippen molar-refractivity contribution in [2.45, 2.75) is 6.92 Å². The zero-order chi connectivity index (χ0) is 15.4. The largest absolute Gasteiger partial charge is 0.490 e. The van der Waals surface area contributed by atoms with Gasteiger partial charge in [-0.2, -0.15) is 0 Å². The zero-order valence-corrected chi connectivity index (χ0v) is 11.3. The Hall–Kier alpha value is -2.38. The molecule has 1 N–H and O–H groups in total. The minimum Gasteiger partial charge on any atom is -0.490 e. The molecule has 0 radical (unpaired) electrons. The van der Waals surface area contributed by atoms with Crippen molar-refractivity contribution in [3.63, 3.8) is 0 Å². The molecule has 0 aliphatic heterocycles. The summed E-state index contributed by atoms with van der Waals surface area (Å²) in [5.41, 5.74) is -0.436. The maximum Gasteiger partial charge on any atom is 0.313 e. The van der Waals surface area contributed by atoms with E-state index in [9.17, 15) is 19.3 Å². The highest BCUT2D eigenvalue weighted by Gasteiger charge is 2.22. The lowest BCUT2D eigenvalue weighted by Gasteiger charge is -2.22. The van der Waals surface area contributed by atoms with Gasteiger partial charge in [-0.05, 0) is 0 Å². The number of nitro benzene ring substituents is 1. The highest BCUT2D eigenvalue weighted by molar-refractivity contribution is 5.70. The van der Waals surface area contributed by atoms with Crippen LogP contribution in [0.4, 0.5) is 15.8 Å². The van der Waals surface area contributed by atoms with Crippen LogP contribution in [0.15, 0.2) is 12.1 Å². The Morgan fingerprint density at radius 3 is 2.65 bits per heavy atom. The Morgan fingerprint density at radius 1 is 1.60 bits per heavy atom. The summed E-state index contributed by atoms with van der Waals surface area (Å²) in [5.74, 6) is -2.61. The Bertz CT molecular complexity index is 535. The van der Waals surface area contributed by atoms with Crippen LogP contribution in [0.3, 0.4) is 0 Å². The minimum absolute atomic E-state index is 0.0422. The van der Waals surface area contributed by atoms with Crippen LogP contribution in [0, 0.1) is 21.8 Å². The Balaban J connectivity index is 3.12. The average Bonchev–Trinajstić information content (AvgIpc) is 2.37. The third-order valence-electron chi connectivity index (χ3n) is 2.83. The van der Waals surface area contributed by atoms with Crippen LogP contribution in [0.25, 0.3) is 0 Å². The molecule has 1 aromatic carbocycles. The molecule has 0 aromatic heterocycles. The van der Waals surface area contributed by atoms with E-state index in [0.29, 0.717) is 0 Å². The SMILES string of the molecule is COc1cc(N(C)CC(C)C(=O)O)c(F)cc1[N+](=O)[O-]. The molecule has 110 valence electrons. The number of methoxy groups -OCH3 is 1. The van der Waals surface area contributed by atoms with Gasteiger partial charge in [0, 0.05) is 19.7 Å². The quantitative estimate of drug-likeness (QED) is 0.634. The number of hydrogen-bond acceptors (Lipinski definition) is 5. The molecule has 0 bridgehead atoms. The van der Waals surface area contributed by atoms with Gasteiger partial charge in [-0.15, -0.1) is 0 Å². The lowest BCUT2D eigenvalue weighted by molar-refractivity contribution is -0.385. The van der Waals surface area contributed by atoms with Gasteiger partial charge in [0.25, 0.3) is 0 Å². The fourth-order valence-corrected chi connectivity index (χ4v) is 1.72. The third-order valence-corrected chi connectivity index (χ3v) is 2.83. The van der Waals surface area contributed by atoms with E-state index < -0.39 is 28.3 Å². The standard InChI is InChI=1S/C12H15FN2O5/c1-7(12(16)17)6-14(2)9-5-11(20-3)10(15(18)19)4-8(9)13/h4-5,7H,6H2,1-3H3,(H,16,17). The van der Waals surface area contributed by atoms with Crippen LogP contribution in [0.1, 0.15) is 6.92 Å². The second-order valence-corrected chi connectivity index (χ2v) is 4.35. The molecule has 0 aliphatic rings. The molecule has 0 saturated heterocycles. The molecule has 0 amide bonds. The first-order valence-electron chi connectivity index (χ1n) is 5.73. The van der Waals surface area contributed by atoms with Crippen molar-refractivity contribution in [1.29, 1.82) is 0 Å². The van der Waals surface area contributed by atoms with Gasteiger partial charge < -0.3 is 14.7 Å². The topological polar surface area (TPSA) is 92.9 Å². The highest BCUT2D eigenvalue weighted by atomic mass is 19.1. The molecule has 0 spiro atoms. The predicted octanol–water partition coefficient (Wildman–Crippen LogP) is 1.90. The van der Waals surface area contributed by atoms with Gasteiger partial charge in [0.05, 0.1) is 29.7 Å². The molecule has 1 atom stereocenters. The fourth-order valence-electron chi connectivity index (χ4n) is 1.72. The van der Waals surface area contributed by atoms with Gasteiger partial charge in [-0.25, -0.2) is 4.39 Å². The van der Waals surface area contributed by atoms with Crippen LogP contribution in [-0.4, -0.2) is 36.7 Å².